The molecule has 4 aromatic rings. The maximum Gasteiger partial charge on any atom is 0.196 e. The molecule has 0 amide bonds. The van der Waals surface area contributed by atoms with Crippen molar-refractivity contribution in [2.45, 2.75) is 26.3 Å². The van der Waals surface area contributed by atoms with Crippen LogP contribution >= 0.6 is 0 Å². The van der Waals surface area contributed by atoms with Crippen molar-refractivity contribution in [1.82, 2.24) is 14.6 Å². The molecule has 8 nitrogen and oxygen atoms in total. The van der Waals surface area contributed by atoms with Gasteiger partial charge in [0.25, 0.3) is 0 Å². The highest BCUT2D eigenvalue weighted by Crippen LogP contribution is 2.30. The predicted octanol–water partition coefficient (Wildman–Crippen LogP) is 5.43. The number of azo groups is 1. The number of fused-ring (bicyclic) bond motifs is 1. The summed E-state index contributed by atoms with van der Waals surface area (Å²) in [5.41, 5.74) is 7.46. The van der Waals surface area contributed by atoms with Crippen molar-refractivity contribution >= 4 is 22.8 Å². The Hall–Kier alpha value is -3.78. The molecule has 6 rings (SSSR count). The van der Waals surface area contributed by atoms with E-state index in [9.17, 15) is 0 Å². The zero-order chi connectivity index (χ0) is 24.3. The van der Waals surface area contributed by atoms with E-state index in [2.05, 4.69) is 69.4 Å². The normalized spacial score (nSPS) is 16.5. The van der Waals surface area contributed by atoms with Gasteiger partial charge in [0.2, 0.25) is 0 Å². The van der Waals surface area contributed by atoms with E-state index in [4.69, 9.17) is 14.8 Å². The maximum atomic E-state index is 5.58. The van der Waals surface area contributed by atoms with Crippen molar-refractivity contribution in [2.75, 3.05) is 49.2 Å². The van der Waals surface area contributed by atoms with Crippen LogP contribution < -0.4 is 9.80 Å². The molecule has 2 fully saturated rings. The summed E-state index contributed by atoms with van der Waals surface area (Å²) in [6.07, 6.45) is 4.54. The van der Waals surface area contributed by atoms with Gasteiger partial charge >= 0.3 is 0 Å². The third-order valence-corrected chi connectivity index (χ3v) is 6.89. The number of morpholine rings is 1. The van der Waals surface area contributed by atoms with E-state index in [0.29, 0.717) is 25.6 Å². The Labute approximate surface area is 211 Å². The molecule has 8 heteroatoms. The fourth-order valence-corrected chi connectivity index (χ4v) is 4.99. The van der Waals surface area contributed by atoms with Crippen LogP contribution in [0.25, 0.3) is 16.9 Å². The Balaban J connectivity index is 1.32. The highest BCUT2D eigenvalue weighted by molar-refractivity contribution is 5.75. The molecule has 2 aromatic carbocycles. The number of anilines is 2. The molecule has 0 bridgehead atoms. The molecule has 2 aliphatic rings. The van der Waals surface area contributed by atoms with E-state index >= 15 is 0 Å². The number of hydrogen-bond acceptors (Lipinski definition) is 7. The second-order valence-electron chi connectivity index (χ2n) is 9.51. The number of benzene rings is 2. The lowest BCUT2D eigenvalue weighted by Crippen LogP contribution is -2.36. The highest BCUT2D eigenvalue weighted by Gasteiger charge is 2.19. The summed E-state index contributed by atoms with van der Waals surface area (Å²) in [6, 6.07) is 19.0. The summed E-state index contributed by atoms with van der Waals surface area (Å²) in [5, 5.41) is 13.6. The summed E-state index contributed by atoms with van der Waals surface area (Å²) in [7, 11) is 0. The quantitative estimate of drug-likeness (QED) is 0.344. The topological polar surface area (TPSA) is 70.6 Å². The Kier molecular flexibility index (Phi) is 6.34. The van der Waals surface area contributed by atoms with Crippen molar-refractivity contribution in [3.8, 4) is 11.3 Å². The Morgan fingerprint density at radius 3 is 2.50 bits per heavy atom. The molecule has 2 aromatic heterocycles. The lowest BCUT2D eigenvalue weighted by Gasteiger charge is -2.28. The Morgan fingerprint density at radius 1 is 0.917 bits per heavy atom. The molecule has 0 unspecified atom stereocenters. The minimum Gasteiger partial charge on any atom is -0.378 e. The smallest absolute Gasteiger partial charge is 0.196 e. The molecule has 0 saturated carbocycles. The van der Waals surface area contributed by atoms with Crippen molar-refractivity contribution in [3.63, 3.8) is 0 Å². The molecular formula is C28H31N7O. The summed E-state index contributed by atoms with van der Waals surface area (Å²) < 4.78 is 7.43. The number of imidazole rings is 1. The van der Waals surface area contributed by atoms with Gasteiger partial charge < -0.3 is 14.5 Å². The minimum atomic E-state index is 0.521. The molecular weight excluding hydrogens is 450 g/mol. The van der Waals surface area contributed by atoms with Crippen LogP contribution in [0.15, 0.2) is 71.0 Å². The number of ether oxygens (including phenoxy) is 1. The van der Waals surface area contributed by atoms with Crippen LogP contribution in [0, 0.1) is 6.92 Å². The summed E-state index contributed by atoms with van der Waals surface area (Å²) in [4.78, 5) is 9.74. The Bertz CT molecular complexity index is 1370. The Morgan fingerprint density at radius 2 is 1.72 bits per heavy atom. The van der Waals surface area contributed by atoms with Gasteiger partial charge in [-0.15, -0.1) is 10.2 Å². The SMILES string of the molecule is Cc1cccc(CN=Nc2cc(N3CCOCC3)c3nc(-c4ccc(N5CCCC5)cc4)cn3n2)c1. The molecule has 2 saturated heterocycles. The van der Waals surface area contributed by atoms with Gasteiger partial charge in [-0.1, -0.05) is 42.0 Å². The van der Waals surface area contributed by atoms with Crippen LogP contribution in [-0.2, 0) is 11.3 Å². The van der Waals surface area contributed by atoms with Gasteiger partial charge in [-0.05, 0) is 37.5 Å². The lowest BCUT2D eigenvalue weighted by atomic mass is 10.1. The fourth-order valence-electron chi connectivity index (χ4n) is 4.99. The van der Waals surface area contributed by atoms with E-state index in [1.165, 1.54) is 24.1 Å². The van der Waals surface area contributed by atoms with Gasteiger partial charge in [-0.2, -0.15) is 5.11 Å². The fraction of sp³-hybridized carbons (Fsp3) is 0.357. The van der Waals surface area contributed by atoms with Crippen LogP contribution in [0.4, 0.5) is 17.2 Å². The zero-order valence-corrected chi connectivity index (χ0v) is 20.7. The first kappa shape index (κ1) is 22.7. The molecule has 0 atom stereocenters. The number of nitrogens with zero attached hydrogens (tertiary/aromatic N) is 7. The minimum absolute atomic E-state index is 0.521. The van der Waals surface area contributed by atoms with Gasteiger partial charge in [-0.25, -0.2) is 9.50 Å². The molecule has 0 aliphatic carbocycles. The number of hydrogen-bond donors (Lipinski definition) is 0. The first-order valence-corrected chi connectivity index (χ1v) is 12.7. The standard InChI is InChI=1S/C28H31N7O/c1-21-5-4-6-22(17-21)19-29-31-27-18-26(34-13-15-36-16-14-34)28-30-25(20-35(28)32-27)23-7-9-24(10-8-23)33-11-2-3-12-33/h4-10,17-18,20H,2-3,11-16,19H2,1H3. The van der Waals surface area contributed by atoms with Gasteiger partial charge in [0.05, 0.1) is 37.3 Å². The van der Waals surface area contributed by atoms with E-state index in [0.717, 1.165) is 54.3 Å². The largest absolute Gasteiger partial charge is 0.378 e. The van der Waals surface area contributed by atoms with E-state index in [1.54, 1.807) is 0 Å². The maximum absolute atomic E-state index is 5.58. The number of rotatable bonds is 6. The van der Waals surface area contributed by atoms with Crippen LogP contribution in [0.1, 0.15) is 24.0 Å². The van der Waals surface area contributed by atoms with Crippen molar-refractivity contribution in [1.29, 1.82) is 0 Å². The van der Waals surface area contributed by atoms with Gasteiger partial charge in [0.15, 0.2) is 11.5 Å². The average Bonchev–Trinajstić information content (AvgIpc) is 3.60. The van der Waals surface area contributed by atoms with Crippen molar-refractivity contribution < 1.29 is 4.74 Å². The van der Waals surface area contributed by atoms with Crippen LogP contribution in [0.5, 0.6) is 0 Å². The molecule has 4 heterocycles. The molecule has 184 valence electrons. The van der Waals surface area contributed by atoms with E-state index in [1.807, 2.05) is 22.8 Å². The molecule has 2 aliphatic heterocycles. The first-order valence-electron chi connectivity index (χ1n) is 12.7. The average molecular weight is 482 g/mol. The number of aryl methyl sites for hydroxylation is 1. The van der Waals surface area contributed by atoms with Gasteiger partial charge in [-0.3, -0.25) is 0 Å². The van der Waals surface area contributed by atoms with Crippen LogP contribution in [0.2, 0.25) is 0 Å². The monoisotopic (exact) mass is 481 g/mol. The third-order valence-electron chi connectivity index (χ3n) is 6.89. The zero-order valence-electron chi connectivity index (χ0n) is 20.7. The van der Waals surface area contributed by atoms with Crippen LogP contribution in [0.3, 0.4) is 0 Å². The van der Waals surface area contributed by atoms with Crippen molar-refractivity contribution in [3.05, 3.63) is 71.9 Å². The molecule has 0 spiro atoms. The second kappa shape index (κ2) is 10.1. The van der Waals surface area contributed by atoms with Crippen LogP contribution in [-0.4, -0.2) is 54.0 Å². The molecule has 0 N–H and O–H groups in total. The predicted molar refractivity (Wildman–Crippen MR) is 142 cm³/mol. The van der Waals surface area contributed by atoms with E-state index in [-0.39, 0.29) is 0 Å². The second-order valence-corrected chi connectivity index (χ2v) is 9.51. The summed E-state index contributed by atoms with van der Waals surface area (Å²) in [6.45, 7) is 7.91. The van der Waals surface area contributed by atoms with Gasteiger partial charge in [0, 0.05) is 43.5 Å². The lowest BCUT2D eigenvalue weighted by molar-refractivity contribution is 0.123. The number of aromatic nitrogens is 3. The molecule has 36 heavy (non-hydrogen) atoms. The summed E-state index contributed by atoms with van der Waals surface area (Å²) >= 11 is 0. The van der Waals surface area contributed by atoms with Gasteiger partial charge in [0.1, 0.15) is 0 Å². The van der Waals surface area contributed by atoms with Crippen molar-refractivity contribution in [2.24, 2.45) is 10.2 Å². The molecule has 0 radical (unpaired) electrons. The van der Waals surface area contributed by atoms with E-state index < -0.39 is 0 Å². The highest BCUT2D eigenvalue weighted by atomic mass is 16.5. The first-order chi connectivity index (χ1) is 17.7. The summed E-state index contributed by atoms with van der Waals surface area (Å²) in [5.74, 6) is 0.574. The third kappa shape index (κ3) is 4.81.